The fourth-order valence-corrected chi connectivity index (χ4v) is 14.2. The third kappa shape index (κ3) is 6.28. The lowest BCUT2D eigenvalue weighted by Gasteiger charge is -2.48. The van der Waals surface area contributed by atoms with Crippen LogP contribution in [0.4, 0.5) is 34.3 Å². The van der Waals surface area contributed by atoms with Gasteiger partial charge in [-0.05, 0) is 165 Å². The molecule has 0 saturated heterocycles. The predicted molar refractivity (Wildman–Crippen MR) is 273 cm³/mol. The van der Waals surface area contributed by atoms with Crippen LogP contribution in [-0.2, 0) is 32.5 Å². The standard InChI is InChI=1S/C58H68BN3S/c1-53(2,3)36-14-18-39(19-15-36)61-45-22-16-38(55(7,8)9)31-44(45)59-49-46(61)33-48(58-27-24-35(25-28-58)26-29-58)60-52(49)62(40-20-21-42-43(32-40)57(12,13)34-56(42,10)11)50-41-30-37(54(4,5)6)17-23-47(41)63-51(50)59/h14-23,30-33,35H,24-29,34H2,1-13H3. The lowest BCUT2D eigenvalue weighted by molar-refractivity contribution is 0.132. The van der Waals surface area contributed by atoms with Gasteiger partial charge in [-0.1, -0.05) is 126 Å². The van der Waals surface area contributed by atoms with Gasteiger partial charge in [-0.2, -0.15) is 0 Å². The van der Waals surface area contributed by atoms with Gasteiger partial charge in [0.1, 0.15) is 5.82 Å². The summed E-state index contributed by atoms with van der Waals surface area (Å²) in [6, 6.07) is 34.4. The molecule has 4 aromatic carbocycles. The molecule has 3 nitrogen and oxygen atoms in total. The largest absolute Gasteiger partial charge is 0.311 e. The third-order valence-corrected chi connectivity index (χ3v) is 17.7. The van der Waals surface area contributed by atoms with Crippen molar-refractivity contribution in [3.05, 3.63) is 118 Å². The van der Waals surface area contributed by atoms with Crippen LogP contribution in [0.3, 0.4) is 0 Å². The fraction of sp³-hybridized carbons (Fsp3) is 0.466. The molecule has 12 rings (SSSR count). The zero-order valence-electron chi connectivity index (χ0n) is 40.4. The van der Waals surface area contributed by atoms with Gasteiger partial charge in [0.05, 0.1) is 11.4 Å². The van der Waals surface area contributed by atoms with E-state index in [2.05, 4.69) is 185 Å². The molecular formula is C58H68BN3S. The number of anilines is 6. The minimum Gasteiger partial charge on any atom is -0.311 e. The highest BCUT2D eigenvalue weighted by Crippen LogP contribution is 2.56. The Hall–Kier alpha value is -4.35. The zero-order valence-corrected chi connectivity index (χ0v) is 41.3. The van der Waals surface area contributed by atoms with Crippen LogP contribution in [-0.4, -0.2) is 11.7 Å². The summed E-state index contributed by atoms with van der Waals surface area (Å²) in [7, 11) is 0. The molecule has 6 aromatic rings. The predicted octanol–water partition coefficient (Wildman–Crippen LogP) is 14.5. The van der Waals surface area contributed by atoms with Crippen LogP contribution < -0.4 is 25.5 Å². The van der Waals surface area contributed by atoms with Crippen molar-refractivity contribution >= 4 is 78.1 Å². The SMILES string of the molecule is CC(C)(C)c1ccc(N2c3ccc(C(C)(C)C)cc3B3c4sc5ccc(C(C)(C)C)cc5c4N(c4ccc5c(c4)C(C)(C)CC5(C)C)c4nc(C56CCC(CC5)CC6)cc2c43)cc1. The van der Waals surface area contributed by atoms with Crippen LogP contribution in [0.15, 0.2) is 84.9 Å². The molecule has 0 radical (unpaired) electrons. The molecule has 0 spiro atoms. The maximum atomic E-state index is 6.19. The van der Waals surface area contributed by atoms with Gasteiger partial charge in [-0.3, -0.25) is 4.90 Å². The highest BCUT2D eigenvalue weighted by molar-refractivity contribution is 7.33. The Morgan fingerprint density at radius 2 is 1.19 bits per heavy atom. The first-order valence-corrected chi connectivity index (χ1v) is 25.0. The topological polar surface area (TPSA) is 19.4 Å². The Balaban J connectivity index is 1.27. The Kier molecular flexibility index (Phi) is 8.78. The van der Waals surface area contributed by atoms with Gasteiger partial charge in [0, 0.05) is 43.0 Å². The van der Waals surface area contributed by atoms with Gasteiger partial charge in [0.2, 0.25) is 0 Å². The minimum atomic E-state index is -0.00524. The van der Waals surface area contributed by atoms with Gasteiger partial charge < -0.3 is 4.90 Å². The average molecular weight is 850 g/mol. The van der Waals surface area contributed by atoms with Crippen molar-refractivity contribution in [2.24, 2.45) is 5.92 Å². The van der Waals surface area contributed by atoms with Crippen LogP contribution in [0.5, 0.6) is 0 Å². The second-order valence-corrected chi connectivity index (χ2v) is 26.0. The van der Waals surface area contributed by atoms with Crippen molar-refractivity contribution in [3.8, 4) is 0 Å². The van der Waals surface area contributed by atoms with Crippen LogP contribution in [0, 0.1) is 5.92 Å². The van der Waals surface area contributed by atoms with Crippen molar-refractivity contribution in [1.29, 1.82) is 0 Å². The van der Waals surface area contributed by atoms with Crippen LogP contribution in [0.25, 0.3) is 10.1 Å². The van der Waals surface area contributed by atoms with Crippen molar-refractivity contribution in [1.82, 2.24) is 4.98 Å². The Labute approximate surface area is 382 Å². The second-order valence-electron chi connectivity index (χ2n) is 24.9. The van der Waals surface area contributed by atoms with Crippen molar-refractivity contribution in [2.45, 2.75) is 167 Å². The van der Waals surface area contributed by atoms with Gasteiger partial charge in [-0.25, -0.2) is 4.98 Å². The van der Waals surface area contributed by atoms with E-state index in [1.807, 2.05) is 11.3 Å². The maximum absolute atomic E-state index is 6.19. The molecule has 3 saturated carbocycles. The van der Waals surface area contributed by atoms with E-state index in [4.69, 9.17) is 4.98 Å². The summed E-state index contributed by atoms with van der Waals surface area (Å²) in [6.07, 6.45) is 8.82. The van der Waals surface area contributed by atoms with Gasteiger partial charge in [0.25, 0.3) is 6.71 Å². The summed E-state index contributed by atoms with van der Waals surface area (Å²) in [5.74, 6) is 2.02. The summed E-state index contributed by atoms with van der Waals surface area (Å²) in [4.78, 5) is 11.5. The number of hydrogen-bond donors (Lipinski definition) is 0. The summed E-state index contributed by atoms with van der Waals surface area (Å²) in [6.45, 7) is 31.0. The lowest BCUT2D eigenvalue weighted by atomic mass is 9.36. The molecule has 0 unspecified atom stereocenters. The number of benzene rings is 4. The first-order valence-electron chi connectivity index (χ1n) is 24.2. The Morgan fingerprint density at radius 3 is 1.84 bits per heavy atom. The Bertz CT molecular complexity index is 2830. The molecule has 2 aliphatic heterocycles. The minimum absolute atomic E-state index is 0.00524. The molecule has 4 heterocycles. The normalized spacial score (nSPS) is 22.0. The smallest absolute Gasteiger partial charge is 0.266 e. The third-order valence-electron chi connectivity index (χ3n) is 16.5. The van der Waals surface area contributed by atoms with Crippen LogP contribution in [0.1, 0.15) is 168 Å². The molecule has 3 fully saturated rings. The highest BCUT2D eigenvalue weighted by Gasteiger charge is 2.50. The van der Waals surface area contributed by atoms with E-state index in [0.29, 0.717) is 0 Å². The van der Waals surface area contributed by atoms with Gasteiger partial charge in [-0.15, -0.1) is 11.3 Å². The van der Waals surface area contributed by atoms with E-state index in [9.17, 15) is 0 Å². The molecule has 0 atom stereocenters. The number of aromatic nitrogens is 1. The number of pyridine rings is 1. The zero-order chi connectivity index (χ0) is 44.4. The van der Waals surface area contributed by atoms with E-state index in [-0.39, 0.29) is 39.2 Å². The molecule has 2 aromatic heterocycles. The van der Waals surface area contributed by atoms with Crippen molar-refractivity contribution in [2.75, 3.05) is 9.80 Å². The number of hydrogen-bond acceptors (Lipinski definition) is 4. The first kappa shape index (κ1) is 41.4. The lowest BCUT2D eigenvalue weighted by Crippen LogP contribution is -2.61. The average Bonchev–Trinajstić information content (AvgIpc) is 3.69. The molecular weight excluding hydrogens is 782 g/mol. The number of thiophene rings is 1. The highest BCUT2D eigenvalue weighted by atomic mass is 32.1. The molecule has 63 heavy (non-hydrogen) atoms. The first-order chi connectivity index (χ1) is 29.5. The van der Waals surface area contributed by atoms with E-state index in [1.54, 1.807) is 0 Å². The quantitative estimate of drug-likeness (QED) is 0.165. The van der Waals surface area contributed by atoms with Crippen LogP contribution in [0.2, 0.25) is 0 Å². The molecule has 2 bridgehead atoms. The number of nitrogens with zero attached hydrogens (tertiary/aromatic N) is 3. The number of fused-ring (bicyclic) bond motifs is 10. The summed E-state index contributed by atoms with van der Waals surface area (Å²) in [5.41, 5.74) is 17.9. The molecule has 5 heteroatoms. The van der Waals surface area contributed by atoms with E-state index in [1.165, 1.54) is 126 Å². The molecule has 324 valence electrons. The van der Waals surface area contributed by atoms with E-state index in [0.717, 1.165) is 18.2 Å². The fourth-order valence-electron chi connectivity index (χ4n) is 12.9. The van der Waals surface area contributed by atoms with Crippen LogP contribution >= 0.6 is 11.3 Å². The summed E-state index contributed by atoms with van der Waals surface area (Å²) < 4.78 is 2.79. The molecule has 6 aliphatic rings. The number of rotatable bonds is 3. The summed E-state index contributed by atoms with van der Waals surface area (Å²) in [5, 5.41) is 1.35. The second kappa shape index (κ2) is 13.4. The Morgan fingerprint density at radius 1 is 0.603 bits per heavy atom. The molecule has 0 N–H and O–H groups in total. The monoisotopic (exact) mass is 850 g/mol. The molecule has 4 aliphatic carbocycles. The van der Waals surface area contributed by atoms with Crippen molar-refractivity contribution in [3.63, 3.8) is 0 Å². The van der Waals surface area contributed by atoms with E-state index < -0.39 is 0 Å². The molecule has 0 amide bonds. The van der Waals surface area contributed by atoms with Gasteiger partial charge >= 0.3 is 0 Å². The van der Waals surface area contributed by atoms with Gasteiger partial charge in [0.15, 0.2) is 0 Å². The van der Waals surface area contributed by atoms with Crippen molar-refractivity contribution < 1.29 is 0 Å². The van der Waals surface area contributed by atoms with E-state index >= 15 is 0 Å². The summed E-state index contributed by atoms with van der Waals surface area (Å²) >= 11 is 2.01. The maximum Gasteiger partial charge on any atom is 0.266 e.